The average molecular weight is 756 g/mol. The molecule has 2 saturated heterocycles. The van der Waals surface area contributed by atoms with Gasteiger partial charge in [0.25, 0.3) is 11.8 Å². The zero-order chi connectivity index (χ0) is 35.8. The SMILES string of the molecule is CO/N=C(\C(=O)N[C@@H]1C(=O)N2C(C(=O)O)=C(Cn3ccc4n3cc[n+]4Cc3c(F)cc(C=NN4CCCCC4)cc3Cl)CS[C@H]12)c1csc(N)n1. The maximum atomic E-state index is 15.3. The summed E-state index contributed by atoms with van der Waals surface area (Å²) in [4.78, 5) is 49.0. The molecule has 2 fully saturated rings. The molecule has 266 valence electrons. The highest BCUT2D eigenvalue weighted by Gasteiger charge is 2.54. The molecule has 2 atom stereocenters. The zero-order valence-electron chi connectivity index (χ0n) is 27.2. The number of aromatic nitrogens is 4. The highest BCUT2D eigenvalue weighted by Crippen LogP contribution is 2.41. The Hall–Kier alpha value is -4.94. The second kappa shape index (κ2) is 14.4. The monoisotopic (exact) mass is 755 g/mol. The third kappa shape index (κ3) is 6.77. The highest BCUT2D eigenvalue weighted by atomic mass is 35.5. The van der Waals surface area contributed by atoms with Gasteiger partial charge in [0.15, 0.2) is 17.0 Å². The van der Waals surface area contributed by atoms with Crippen LogP contribution in [0.3, 0.4) is 0 Å². The van der Waals surface area contributed by atoms with Crippen LogP contribution in [0.4, 0.5) is 9.52 Å². The maximum Gasteiger partial charge on any atom is 0.352 e. The predicted octanol–water partition coefficient (Wildman–Crippen LogP) is 2.52. The summed E-state index contributed by atoms with van der Waals surface area (Å²) in [5.74, 6) is -2.68. The molecule has 0 bridgehead atoms. The van der Waals surface area contributed by atoms with E-state index in [4.69, 9.17) is 22.2 Å². The molecule has 19 heteroatoms. The molecule has 7 rings (SSSR count). The van der Waals surface area contributed by atoms with Crippen LogP contribution in [-0.2, 0) is 32.3 Å². The van der Waals surface area contributed by atoms with Gasteiger partial charge < -0.3 is 21.0 Å². The number of thioether (sulfide) groups is 1. The van der Waals surface area contributed by atoms with E-state index in [0.29, 0.717) is 22.5 Å². The Balaban J connectivity index is 1.06. The number of benzene rings is 1. The zero-order valence-corrected chi connectivity index (χ0v) is 29.6. The van der Waals surface area contributed by atoms with Gasteiger partial charge in [-0.15, -0.1) is 27.6 Å². The fourth-order valence-corrected chi connectivity index (χ4v) is 8.53. The summed E-state index contributed by atoms with van der Waals surface area (Å²) < 4.78 is 20.8. The van der Waals surface area contributed by atoms with Crippen LogP contribution in [0.1, 0.15) is 36.1 Å². The lowest BCUT2D eigenvalue weighted by Gasteiger charge is -2.49. The van der Waals surface area contributed by atoms with Crippen LogP contribution >= 0.6 is 34.7 Å². The smallest absolute Gasteiger partial charge is 0.352 e. The van der Waals surface area contributed by atoms with Crippen LogP contribution in [0.15, 0.2) is 63.7 Å². The minimum atomic E-state index is -1.26. The van der Waals surface area contributed by atoms with E-state index in [-0.39, 0.29) is 40.3 Å². The molecule has 0 saturated carbocycles. The second-order valence-corrected chi connectivity index (χ2v) is 14.5. The highest BCUT2D eigenvalue weighted by molar-refractivity contribution is 8.00. The Kier molecular flexibility index (Phi) is 9.71. The van der Waals surface area contributed by atoms with Crippen molar-refractivity contribution in [3.63, 3.8) is 0 Å². The minimum absolute atomic E-state index is 0.132. The van der Waals surface area contributed by atoms with Gasteiger partial charge in [-0.1, -0.05) is 16.8 Å². The molecule has 6 heterocycles. The second-order valence-electron chi connectivity index (χ2n) is 12.1. The number of anilines is 1. The molecule has 4 N–H and O–H groups in total. The molecular weight excluding hydrogens is 723 g/mol. The molecule has 1 aromatic carbocycles. The van der Waals surface area contributed by atoms with E-state index in [9.17, 15) is 19.5 Å². The molecule has 3 aliphatic rings. The molecule has 0 spiro atoms. The molecule has 0 radical (unpaired) electrons. The number of imidazole rings is 1. The Morgan fingerprint density at radius 2 is 2.08 bits per heavy atom. The summed E-state index contributed by atoms with van der Waals surface area (Å²) >= 11 is 9.02. The standard InChI is InChI=1S/C32H32ClFN10O5S2/c1-49-39-25(23-17-51-32(35)37-23)28(45)38-26-29(46)44-27(31(47)48)19(16-50-30(26)44)14-42-8-5-24-40(9-10-43(24)42)15-20-21(33)11-18(12-22(20)34)13-36-41-6-3-2-4-7-41/h5,8-13,17,26,30H,2-4,6-7,14-16H2,1H3,(H3-,35,37,38,45,47,48)/p+1/b36-13?,39-25-/t26-,30-/m1/s1. The van der Waals surface area contributed by atoms with Gasteiger partial charge in [0.1, 0.15) is 48.5 Å². The number of aliphatic carboxylic acids is 1. The van der Waals surface area contributed by atoms with E-state index >= 15 is 4.39 Å². The van der Waals surface area contributed by atoms with Crippen molar-refractivity contribution >= 4 is 75.2 Å². The van der Waals surface area contributed by atoms with Crippen LogP contribution in [0.2, 0.25) is 5.02 Å². The van der Waals surface area contributed by atoms with Crippen LogP contribution in [0.25, 0.3) is 5.65 Å². The first-order chi connectivity index (χ1) is 24.6. The van der Waals surface area contributed by atoms with Crippen molar-refractivity contribution < 1.29 is 33.3 Å². The number of nitrogen functional groups attached to an aromatic ring is 1. The summed E-state index contributed by atoms with van der Waals surface area (Å²) in [6.45, 7) is 2.09. The third-order valence-corrected chi connectivity index (χ3v) is 11.2. The van der Waals surface area contributed by atoms with Crippen molar-refractivity contribution in [2.75, 3.05) is 31.7 Å². The minimum Gasteiger partial charge on any atom is -0.477 e. The normalized spacial score (nSPS) is 19.5. The quantitative estimate of drug-likeness (QED) is 0.0899. The number of hydrazone groups is 1. The molecule has 0 aliphatic carbocycles. The van der Waals surface area contributed by atoms with Gasteiger partial charge in [0.05, 0.1) is 30.0 Å². The Bertz CT molecular complexity index is 2100. The van der Waals surface area contributed by atoms with Crippen LogP contribution in [0.5, 0.6) is 0 Å². The summed E-state index contributed by atoms with van der Waals surface area (Å²) in [6, 6.07) is 3.98. The number of β-lactam (4-membered cyclic amide) rings is 1. The molecule has 3 aliphatic heterocycles. The molecule has 51 heavy (non-hydrogen) atoms. The van der Waals surface area contributed by atoms with Crippen LogP contribution in [-0.4, -0.2) is 96.3 Å². The van der Waals surface area contributed by atoms with E-state index in [0.717, 1.165) is 42.9 Å². The number of thiazole rings is 1. The van der Waals surface area contributed by atoms with Crippen molar-refractivity contribution in [3.8, 4) is 0 Å². The van der Waals surface area contributed by atoms with E-state index in [1.54, 1.807) is 35.6 Å². The van der Waals surface area contributed by atoms with Crippen molar-refractivity contribution in [3.05, 3.63) is 81.1 Å². The summed E-state index contributed by atoms with van der Waals surface area (Å²) in [7, 11) is 1.27. The number of piperidine rings is 1. The van der Waals surface area contributed by atoms with E-state index in [1.165, 1.54) is 41.6 Å². The van der Waals surface area contributed by atoms with Gasteiger partial charge >= 0.3 is 11.6 Å². The van der Waals surface area contributed by atoms with Crippen LogP contribution in [0, 0.1) is 5.82 Å². The largest absolute Gasteiger partial charge is 0.477 e. The fraction of sp³-hybridized carbons (Fsp3) is 0.344. The number of carboxylic acid groups (broad SMARTS) is 1. The molecular formula is C32H33ClFN10O5S2+. The number of hydrogen-bond acceptors (Lipinski definition) is 11. The predicted molar refractivity (Wildman–Crippen MR) is 189 cm³/mol. The molecule has 2 amide bonds. The lowest BCUT2D eigenvalue weighted by molar-refractivity contribution is -0.662. The van der Waals surface area contributed by atoms with Crippen molar-refractivity contribution in [1.29, 1.82) is 0 Å². The van der Waals surface area contributed by atoms with Gasteiger partial charge in [-0.05, 0) is 42.5 Å². The van der Waals surface area contributed by atoms with Gasteiger partial charge in [-0.3, -0.25) is 19.5 Å². The number of nitrogens with zero attached hydrogens (tertiary/aromatic N) is 8. The lowest BCUT2D eigenvalue weighted by Crippen LogP contribution is -2.71. The van der Waals surface area contributed by atoms with Gasteiger partial charge in [-0.25, -0.2) is 23.4 Å². The summed E-state index contributed by atoms with van der Waals surface area (Å²) in [6.07, 6.45) is 10.4. The number of amides is 2. The van der Waals surface area contributed by atoms with E-state index in [1.807, 2.05) is 20.2 Å². The van der Waals surface area contributed by atoms with Crippen molar-refractivity contribution in [2.45, 2.75) is 43.8 Å². The number of oxime groups is 1. The average Bonchev–Trinajstić information content (AvgIpc) is 3.84. The van der Waals surface area contributed by atoms with E-state index in [2.05, 4.69) is 20.6 Å². The number of hydrogen-bond donors (Lipinski definition) is 3. The number of carboxylic acids is 1. The topological polar surface area (TPSA) is 176 Å². The number of carbonyl (C=O) groups excluding carboxylic acids is 2. The molecule has 4 aromatic rings. The fourth-order valence-electron chi connectivity index (χ4n) is 6.37. The molecule has 0 unspecified atom stereocenters. The number of halogens is 2. The van der Waals surface area contributed by atoms with Gasteiger partial charge in [0.2, 0.25) is 0 Å². The Labute approximate surface area is 303 Å². The first-order valence-electron chi connectivity index (χ1n) is 16.0. The molecule has 3 aromatic heterocycles. The summed E-state index contributed by atoms with van der Waals surface area (Å²) in [5.41, 5.74) is 7.74. The van der Waals surface area contributed by atoms with Crippen molar-refractivity contribution in [1.82, 2.24) is 29.4 Å². The number of nitrogens with one attached hydrogen (secondary N) is 1. The maximum absolute atomic E-state index is 15.3. The van der Waals surface area contributed by atoms with Crippen LogP contribution < -0.4 is 15.6 Å². The van der Waals surface area contributed by atoms with E-state index < -0.39 is 35.0 Å². The number of rotatable bonds is 11. The first kappa shape index (κ1) is 34.5. The number of carbonyl (C=O) groups is 3. The van der Waals surface area contributed by atoms with Crippen molar-refractivity contribution in [2.24, 2.45) is 10.3 Å². The number of fused-ring (bicyclic) bond motifs is 2. The molecule has 15 nitrogen and oxygen atoms in total. The Morgan fingerprint density at radius 1 is 1.27 bits per heavy atom. The Morgan fingerprint density at radius 3 is 2.78 bits per heavy atom. The third-order valence-electron chi connectivity index (χ3n) is 8.84. The first-order valence-corrected chi connectivity index (χ1v) is 18.3. The van der Waals surface area contributed by atoms with Gasteiger partial charge in [-0.2, -0.15) is 5.10 Å². The number of nitrogens with two attached hydrogens (primary N) is 1. The summed E-state index contributed by atoms with van der Waals surface area (Å²) in [5, 5.41) is 24.5. The lowest BCUT2D eigenvalue weighted by atomic mass is 10.0. The van der Waals surface area contributed by atoms with Gasteiger partial charge in [0, 0.05) is 29.8 Å².